The lowest BCUT2D eigenvalue weighted by atomic mass is 10.0. The van der Waals surface area contributed by atoms with Gasteiger partial charge in [0, 0.05) is 39.3 Å². The third kappa shape index (κ3) is 3.97. The SMILES string of the molecule is CN(C)c1cc(NC2CCN(c3ccc(F)cc3C#N)CC2)ncn1. The summed E-state index contributed by atoms with van der Waals surface area (Å²) in [5, 5.41) is 12.7. The van der Waals surface area contributed by atoms with Gasteiger partial charge in [0.25, 0.3) is 0 Å². The molecule has 0 unspecified atom stereocenters. The van der Waals surface area contributed by atoms with Crippen LogP contribution in [0.3, 0.4) is 0 Å². The summed E-state index contributed by atoms with van der Waals surface area (Å²) in [5.74, 6) is 1.30. The standard InChI is InChI=1S/C18H21FN6/c1-24(2)18-10-17(21-12-22-18)23-15-5-7-25(8-6-15)16-4-3-14(19)9-13(16)11-20/h3-4,9-10,12,15H,5-8H2,1-2H3,(H,21,22,23). The van der Waals surface area contributed by atoms with Crippen molar-refractivity contribution in [3.05, 3.63) is 42.0 Å². The first kappa shape index (κ1) is 17.0. The van der Waals surface area contributed by atoms with E-state index in [1.807, 2.05) is 25.1 Å². The Labute approximate surface area is 146 Å². The van der Waals surface area contributed by atoms with Crippen molar-refractivity contribution >= 4 is 17.3 Å². The summed E-state index contributed by atoms with van der Waals surface area (Å²) in [6.07, 6.45) is 3.40. The largest absolute Gasteiger partial charge is 0.370 e. The molecule has 0 spiro atoms. The van der Waals surface area contributed by atoms with E-state index in [0.29, 0.717) is 11.6 Å². The second kappa shape index (κ2) is 7.34. The first-order valence-electron chi connectivity index (χ1n) is 8.27. The highest BCUT2D eigenvalue weighted by atomic mass is 19.1. The van der Waals surface area contributed by atoms with Gasteiger partial charge >= 0.3 is 0 Å². The Morgan fingerprint density at radius 2 is 2.00 bits per heavy atom. The monoisotopic (exact) mass is 340 g/mol. The average molecular weight is 340 g/mol. The van der Waals surface area contributed by atoms with Gasteiger partial charge in [0.05, 0.1) is 11.3 Å². The molecule has 1 aromatic carbocycles. The van der Waals surface area contributed by atoms with Crippen LogP contribution in [0.1, 0.15) is 18.4 Å². The van der Waals surface area contributed by atoms with E-state index < -0.39 is 0 Å². The zero-order valence-corrected chi connectivity index (χ0v) is 14.4. The molecule has 130 valence electrons. The highest BCUT2D eigenvalue weighted by Crippen LogP contribution is 2.26. The molecule has 0 aliphatic carbocycles. The maximum atomic E-state index is 13.3. The predicted molar refractivity (Wildman–Crippen MR) is 96.3 cm³/mol. The number of rotatable bonds is 4. The van der Waals surface area contributed by atoms with Crippen LogP contribution >= 0.6 is 0 Å². The molecule has 0 saturated carbocycles. The minimum atomic E-state index is -0.377. The zero-order chi connectivity index (χ0) is 17.8. The van der Waals surface area contributed by atoms with Gasteiger partial charge in [0.2, 0.25) is 0 Å². The van der Waals surface area contributed by atoms with E-state index in [4.69, 9.17) is 0 Å². The van der Waals surface area contributed by atoms with Crippen molar-refractivity contribution in [3.63, 3.8) is 0 Å². The Morgan fingerprint density at radius 1 is 1.24 bits per heavy atom. The highest BCUT2D eigenvalue weighted by molar-refractivity contribution is 5.59. The van der Waals surface area contributed by atoms with Crippen molar-refractivity contribution < 1.29 is 4.39 Å². The summed E-state index contributed by atoms with van der Waals surface area (Å²) < 4.78 is 13.3. The molecule has 1 saturated heterocycles. The number of hydrogen-bond acceptors (Lipinski definition) is 6. The normalized spacial score (nSPS) is 14.9. The van der Waals surface area contributed by atoms with Gasteiger partial charge in [-0.05, 0) is 31.0 Å². The van der Waals surface area contributed by atoms with Crippen LogP contribution in [0.4, 0.5) is 21.7 Å². The van der Waals surface area contributed by atoms with E-state index in [-0.39, 0.29) is 5.82 Å². The molecular weight excluding hydrogens is 319 g/mol. The van der Waals surface area contributed by atoms with Crippen LogP contribution in [-0.2, 0) is 0 Å². The molecule has 1 N–H and O–H groups in total. The van der Waals surface area contributed by atoms with Crippen LogP contribution in [0.25, 0.3) is 0 Å². The molecule has 1 fully saturated rings. The van der Waals surface area contributed by atoms with Crippen LogP contribution in [0.5, 0.6) is 0 Å². The van der Waals surface area contributed by atoms with E-state index in [1.165, 1.54) is 12.1 Å². The molecule has 0 atom stereocenters. The van der Waals surface area contributed by atoms with Gasteiger partial charge in [-0.1, -0.05) is 0 Å². The molecule has 7 heteroatoms. The van der Waals surface area contributed by atoms with Crippen LogP contribution in [0, 0.1) is 17.1 Å². The zero-order valence-electron chi connectivity index (χ0n) is 14.4. The molecule has 3 rings (SSSR count). The minimum Gasteiger partial charge on any atom is -0.370 e. The van der Waals surface area contributed by atoms with E-state index >= 15 is 0 Å². The van der Waals surface area contributed by atoms with Crippen LogP contribution in [0.15, 0.2) is 30.6 Å². The molecule has 6 nitrogen and oxygen atoms in total. The quantitative estimate of drug-likeness (QED) is 0.923. The van der Waals surface area contributed by atoms with E-state index in [0.717, 1.165) is 43.3 Å². The highest BCUT2D eigenvalue weighted by Gasteiger charge is 2.21. The Kier molecular flexibility index (Phi) is 4.98. The fraction of sp³-hybridized carbons (Fsp3) is 0.389. The number of nitrogens with zero attached hydrogens (tertiary/aromatic N) is 5. The predicted octanol–water partition coefficient (Wildman–Crippen LogP) is 2.63. The molecule has 1 aliphatic rings. The topological polar surface area (TPSA) is 68.1 Å². The lowest BCUT2D eigenvalue weighted by molar-refractivity contribution is 0.524. The number of nitrogens with one attached hydrogen (secondary N) is 1. The number of benzene rings is 1. The molecule has 25 heavy (non-hydrogen) atoms. The van der Waals surface area contributed by atoms with E-state index in [1.54, 1.807) is 12.4 Å². The van der Waals surface area contributed by atoms with Crippen molar-refractivity contribution in [2.45, 2.75) is 18.9 Å². The third-order valence-electron chi connectivity index (χ3n) is 4.38. The van der Waals surface area contributed by atoms with Crippen LogP contribution < -0.4 is 15.1 Å². The average Bonchev–Trinajstić information content (AvgIpc) is 2.62. The van der Waals surface area contributed by atoms with E-state index in [2.05, 4.69) is 26.3 Å². The van der Waals surface area contributed by atoms with Gasteiger partial charge in [-0.2, -0.15) is 5.26 Å². The van der Waals surface area contributed by atoms with Crippen molar-refractivity contribution in [2.75, 3.05) is 42.3 Å². The van der Waals surface area contributed by atoms with Crippen LogP contribution in [-0.4, -0.2) is 43.2 Å². The van der Waals surface area contributed by atoms with Crippen molar-refractivity contribution in [3.8, 4) is 6.07 Å². The van der Waals surface area contributed by atoms with Gasteiger partial charge in [-0.25, -0.2) is 14.4 Å². The Bertz CT molecular complexity index is 777. The minimum absolute atomic E-state index is 0.312. The summed E-state index contributed by atoms with van der Waals surface area (Å²) in [6.45, 7) is 1.62. The van der Waals surface area contributed by atoms with Gasteiger partial charge in [-0.3, -0.25) is 0 Å². The lowest BCUT2D eigenvalue weighted by Gasteiger charge is -2.34. The van der Waals surface area contributed by atoms with Crippen LogP contribution in [0.2, 0.25) is 0 Å². The number of halogens is 1. The first-order valence-corrected chi connectivity index (χ1v) is 8.27. The number of piperidine rings is 1. The van der Waals surface area contributed by atoms with Gasteiger partial charge in [0.15, 0.2) is 0 Å². The number of hydrogen-bond donors (Lipinski definition) is 1. The molecule has 0 radical (unpaired) electrons. The molecule has 2 aromatic rings. The number of anilines is 3. The Hall–Kier alpha value is -2.88. The van der Waals surface area contributed by atoms with Gasteiger partial charge in [-0.15, -0.1) is 0 Å². The summed E-state index contributed by atoms with van der Waals surface area (Å²) in [6, 6.07) is 8.72. The van der Waals surface area contributed by atoms with Crippen molar-refractivity contribution in [1.29, 1.82) is 5.26 Å². The Morgan fingerprint density at radius 3 is 2.68 bits per heavy atom. The summed E-state index contributed by atoms with van der Waals surface area (Å²) >= 11 is 0. The smallest absolute Gasteiger partial charge is 0.133 e. The fourth-order valence-corrected chi connectivity index (χ4v) is 3.02. The number of aromatic nitrogens is 2. The maximum absolute atomic E-state index is 13.3. The van der Waals surface area contributed by atoms with Gasteiger partial charge < -0.3 is 15.1 Å². The molecular formula is C18H21FN6. The fourth-order valence-electron chi connectivity index (χ4n) is 3.02. The summed E-state index contributed by atoms with van der Waals surface area (Å²) in [4.78, 5) is 12.6. The molecule has 1 aliphatic heterocycles. The second-order valence-electron chi connectivity index (χ2n) is 6.33. The Balaban J connectivity index is 1.63. The summed E-state index contributed by atoms with van der Waals surface area (Å²) in [7, 11) is 3.89. The summed E-state index contributed by atoms with van der Waals surface area (Å²) in [5.41, 5.74) is 1.19. The van der Waals surface area contributed by atoms with Crippen molar-refractivity contribution in [2.24, 2.45) is 0 Å². The van der Waals surface area contributed by atoms with E-state index in [9.17, 15) is 9.65 Å². The third-order valence-corrected chi connectivity index (χ3v) is 4.38. The second-order valence-corrected chi connectivity index (χ2v) is 6.33. The molecule has 2 heterocycles. The number of nitriles is 1. The van der Waals surface area contributed by atoms with Crippen molar-refractivity contribution in [1.82, 2.24) is 9.97 Å². The maximum Gasteiger partial charge on any atom is 0.133 e. The van der Waals surface area contributed by atoms with Gasteiger partial charge in [0.1, 0.15) is 29.8 Å². The molecule has 1 aromatic heterocycles. The lowest BCUT2D eigenvalue weighted by Crippen LogP contribution is -2.39. The molecule has 0 amide bonds. The first-order chi connectivity index (χ1) is 12.1. The molecule has 0 bridgehead atoms.